The Kier molecular flexibility index (Phi) is 3.55. The molecule has 1 aromatic heterocycles. The van der Waals surface area contributed by atoms with Gasteiger partial charge in [0.25, 0.3) is 5.91 Å². The maximum atomic E-state index is 11.9. The highest BCUT2D eigenvalue weighted by atomic mass is 32.1. The molecule has 0 aliphatic heterocycles. The van der Waals surface area contributed by atoms with Crippen molar-refractivity contribution in [2.24, 2.45) is 5.92 Å². The first-order valence-corrected chi connectivity index (χ1v) is 7.73. The summed E-state index contributed by atoms with van der Waals surface area (Å²) < 4.78 is 0. The van der Waals surface area contributed by atoms with Crippen LogP contribution in [0.25, 0.3) is 0 Å². The highest BCUT2D eigenvalue weighted by Crippen LogP contribution is 2.30. The van der Waals surface area contributed by atoms with E-state index in [9.17, 15) is 9.59 Å². The van der Waals surface area contributed by atoms with Gasteiger partial charge < -0.3 is 10.6 Å². The van der Waals surface area contributed by atoms with Crippen LogP contribution < -0.4 is 10.6 Å². The largest absolute Gasteiger partial charge is 0.354 e. The summed E-state index contributed by atoms with van der Waals surface area (Å²) in [5, 5.41) is 5.70. The third kappa shape index (κ3) is 2.97. The van der Waals surface area contributed by atoms with Crippen molar-refractivity contribution < 1.29 is 9.59 Å². The summed E-state index contributed by atoms with van der Waals surface area (Å²) in [6.07, 6.45) is 5.47. The van der Waals surface area contributed by atoms with Gasteiger partial charge in [0.1, 0.15) is 0 Å². The van der Waals surface area contributed by atoms with E-state index in [0.29, 0.717) is 13.1 Å². The molecule has 0 spiro atoms. The lowest BCUT2D eigenvalue weighted by molar-refractivity contribution is -0.122. The van der Waals surface area contributed by atoms with E-state index >= 15 is 0 Å². The molecule has 102 valence electrons. The number of hydrogen-bond donors (Lipinski definition) is 2. The molecule has 1 fully saturated rings. The zero-order chi connectivity index (χ0) is 13.2. The number of rotatable bonds is 5. The molecule has 0 bridgehead atoms. The van der Waals surface area contributed by atoms with Crippen molar-refractivity contribution in [3.63, 3.8) is 0 Å². The highest BCUT2D eigenvalue weighted by Gasteiger charge is 2.29. The Labute approximate surface area is 116 Å². The van der Waals surface area contributed by atoms with E-state index in [1.54, 1.807) is 11.3 Å². The Morgan fingerprint density at radius 3 is 2.74 bits per heavy atom. The molecule has 2 aliphatic carbocycles. The average Bonchev–Trinajstić information content (AvgIpc) is 3.02. The van der Waals surface area contributed by atoms with Gasteiger partial charge in [-0.15, -0.1) is 11.3 Å². The number of thiophene rings is 1. The summed E-state index contributed by atoms with van der Waals surface area (Å²) in [5.41, 5.74) is 1.34. The van der Waals surface area contributed by atoms with Gasteiger partial charge in [-0.05, 0) is 43.7 Å². The Morgan fingerprint density at radius 2 is 2.00 bits per heavy atom. The third-order valence-corrected chi connectivity index (χ3v) is 4.86. The van der Waals surface area contributed by atoms with Gasteiger partial charge in [-0.2, -0.15) is 0 Å². The molecule has 5 heteroatoms. The van der Waals surface area contributed by atoms with Crippen molar-refractivity contribution >= 4 is 23.2 Å². The first kappa shape index (κ1) is 12.7. The number of carbonyl (C=O) groups is 2. The monoisotopic (exact) mass is 278 g/mol. The molecule has 2 N–H and O–H groups in total. The fraction of sp³-hybridized carbons (Fsp3) is 0.571. The third-order valence-electron chi connectivity index (χ3n) is 3.63. The molecule has 1 saturated carbocycles. The van der Waals surface area contributed by atoms with Gasteiger partial charge in [0.05, 0.1) is 4.88 Å². The Morgan fingerprint density at radius 1 is 1.21 bits per heavy atom. The predicted octanol–water partition coefficient (Wildman–Crippen LogP) is 1.49. The highest BCUT2D eigenvalue weighted by molar-refractivity contribution is 7.14. The van der Waals surface area contributed by atoms with Crippen molar-refractivity contribution in [2.45, 2.75) is 32.1 Å². The first-order valence-electron chi connectivity index (χ1n) is 6.91. The summed E-state index contributed by atoms with van der Waals surface area (Å²) >= 11 is 1.61. The maximum Gasteiger partial charge on any atom is 0.261 e. The maximum absolute atomic E-state index is 11.9. The van der Waals surface area contributed by atoms with Crippen LogP contribution in [0.3, 0.4) is 0 Å². The number of hydrogen-bond acceptors (Lipinski definition) is 3. The average molecular weight is 278 g/mol. The molecule has 2 aliphatic rings. The normalized spacial score (nSPS) is 17.1. The molecule has 3 rings (SSSR count). The van der Waals surface area contributed by atoms with E-state index in [1.165, 1.54) is 16.9 Å². The molecule has 0 saturated heterocycles. The van der Waals surface area contributed by atoms with Gasteiger partial charge >= 0.3 is 0 Å². The van der Waals surface area contributed by atoms with Gasteiger partial charge in [-0.1, -0.05) is 0 Å². The second kappa shape index (κ2) is 5.33. The molecule has 19 heavy (non-hydrogen) atoms. The summed E-state index contributed by atoms with van der Waals surface area (Å²) in [7, 11) is 0. The zero-order valence-electron chi connectivity index (χ0n) is 10.8. The molecule has 2 amide bonds. The molecular weight excluding hydrogens is 260 g/mol. The lowest BCUT2D eigenvalue weighted by Crippen LogP contribution is -2.35. The van der Waals surface area contributed by atoms with E-state index in [0.717, 1.165) is 30.6 Å². The van der Waals surface area contributed by atoms with Crippen LogP contribution in [-0.2, 0) is 17.6 Å². The quantitative estimate of drug-likeness (QED) is 0.802. The van der Waals surface area contributed by atoms with Crippen molar-refractivity contribution in [3.05, 3.63) is 21.4 Å². The zero-order valence-corrected chi connectivity index (χ0v) is 11.6. The standard InChI is InChI=1S/C14H18N2O2S/c17-13(9-4-5-9)15-6-7-16-14(18)12-8-10-2-1-3-11(10)19-12/h8-9H,1-7H2,(H,15,17)(H,16,18). The summed E-state index contributed by atoms with van der Waals surface area (Å²) in [4.78, 5) is 25.5. The number of amides is 2. The smallest absolute Gasteiger partial charge is 0.261 e. The van der Waals surface area contributed by atoms with Crippen LogP contribution in [0.5, 0.6) is 0 Å². The van der Waals surface area contributed by atoms with E-state index in [2.05, 4.69) is 10.6 Å². The number of nitrogens with one attached hydrogen (secondary N) is 2. The Bertz CT molecular complexity index is 484. The second-order valence-electron chi connectivity index (χ2n) is 5.23. The number of fused-ring (bicyclic) bond motifs is 1. The second-order valence-corrected chi connectivity index (χ2v) is 6.37. The van der Waals surface area contributed by atoms with Crippen molar-refractivity contribution in [1.82, 2.24) is 10.6 Å². The summed E-state index contributed by atoms with van der Waals surface area (Å²) in [6, 6.07) is 2.02. The lowest BCUT2D eigenvalue weighted by atomic mass is 10.2. The minimum Gasteiger partial charge on any atom is -0.354 e. The molecule has 0 atom stereocenters. The van der Waals surface area contributed by atoms with Crippen LogP contribution >= 0.6 is 11.3 Å². The van der Waals surface area contributed by atoms with Gasteiger partial charge in [-0.25, -0.2) is 0 Å². The van der Waals surface area contributed by atoms with Crippen LogP contribution in [0.15, 0.2) is 6.07 Å². The summed E-state index contributed by atoms with van der Waals surface area (Å²) in [5.74, 6) is 0.348. The Balaban J connectivity index is 1.41. The van der Waals surface area contributed by atoms with Crippen LogP contribution in [0, 0.1) is 5.92 Å². The molecule has 0 aromatic carbocycles. The number of aryl methyl sites for hydroxylation is 2. The molecule has 0 radical (unpaired) electrons. The lowest BCUT2D eigenvalue weighted by Gasteiger charge is -2.05. The van der Waals surface area contributed by atoms with Gasteiger partial charge in [0.15, 0.2) is 0 Å². The van der Waals surface area contributed by atoms with E-state index in [-0.39, 0.29) is 17.7 Å². The van der Waals surface area contributed by atoms with Crippen molar-refractivity contribution in [1.29, 1.82) is 0 Å². The van der Waals surface area contributed by atoms with Crippen LogP contribution in [-0.4, -0.2) is 24.9 Å². The van der Waals surface area contributed by atoms with Crippen molar-refractivity contribution in [2.75, 3.05) is 13.1 Å². The van der Waals surface area contributed by atoms with Crippen LogP contribution in [0.1, 0.15) is 39.4 Å². The molecule has 0 unspecified atom stereocenters. The fourth-order valence-electron chi connectivity index (χ4n) is 2.38. The van der Waals surface area contributed by atoms with Crippen LogP contribution in [0.2, 0.25) is 0 Å². The number of carbonyl (C=O) groups excluding carboxylic acids is 2. The topological polar surface area (TPSA) is 58.2 Å². The SMILES string of the molecule is O=C(NCCNC(=O)C1CC1)c1cc2c(s1)CCC2. The van der Waals surface area contributed by atoms with Gasteiger partial charge in [0.2, 0.25) is 5.91 Å². The fourth-order valence-corrected chi connectivity index (χ4v) is 3.55. The molecule has 4 nitrogen and oxygen atoms in total. The van der Waals surface area contributed by atoms with E-state index in [4.69, 9.17) is 0 Å². The summed E-state index contributed by atoms with van der Waals surface area (Å²) in [6.45, 7) is 1.02. The van der Waals surface area contributed by atoms with E-state index in [1.807, 2.05) is 6.07 Å². The van der Waals surface area contributed by atoms with Gasteiger partial charge in [-0.3, -0.25) is 9.59 Å². The first-order chi connectivity index (χ1) is 9.24. The van der Waals surface area contributed by atoms with Gasteiger partial charge in [0, 0.05) is 23.9 Å². The molecule has 1 heterocycles. The van der Waals surface area contributed by atoms with E-state index < -0.39 is 0 Å². The Hall–Kier alpha value is -1.36. The predicted molar refractivity (Wildman–Crippen MR) is 74.4 cm³/mol. The molecule has 1 aromatic rings. The molecular formula is C14H18N2O2S. The van der Waals surface area contributed by atoms with Crippen molar-refractivity contribution in [3.8, 4) is 0 Å². The van der Waals surface area contributed by atoms with Crippen LogP contribution in [0.4, 0.5) is 0 Å². The minimum atomic E-state index is -0.0138. The minimum absolute atomic E-state index is 0.0138.